The quantitative estimate of drug-likeness (QED) is 0.845. The van der Waals surface area contributed by atoms with Crippen LogP contribution in [0.4, 0.5) is 0 Å². The zero-order valence-electron chi connectivity index (χ0n) is 12.8. The van der Waals surface area contributed by atoms with Crippen LogP contribution in [0.25, 0.3) is 0 Å². The van der Waals surface area contributed by atoms with Crippen LogP contribution in [0.1, 0.15) is 24.4 Å². The van der Waals surface area contributed by atoms with Crippen molar-refractivity contribution in [2.24, 2.45) is 0 Å². The summed E-state index contributed by atoms with van der Waals surface area (Å²) in [6.45, 7) is 0.651. The van der Waals surface area contributed by atoms with Crippen LogP contribution in [-0.4, -0.2) is 53.1 Å². The molecule has 1 aromatic rings. The van der Waals surface area contributed by atoms with Gasteiger partial charge in [-0.1, -0.05) is 29.8 Å². The Morgan fingerprint density at radius 2 is 1.96 bits per heavy atom. The Labute approximate surface area is 143 Å². The van der Waals surface area contributed by atoms with Crippen molar-refractivity contribution in [2.75, 3.05) is 13.1 Å². The molecule has 0 spiro atoms. The minimum absolute atomic E-state index is 0.280. The van der Waals surface area contributed by atoms with Gasteiger partial charge in [0.25, 0.3) is 5.91 Å². The molecule has 1 unspecified atom stereocenters. The van der Waals surface area contributed by atoms with Crippen molar-refractivity contribution in [3.63, 3.8) is 0 Å². The van der Waals surface area contributed by atoms with Gasteiger partial charge in [0.2, 0.25) is 5.91 Å². The molecule has 2 heterocycles. The average Bonchev–Trinajstić information content (AvgIpc) is 3.05. The van der Waals surface area contributed by atoms with Crippen molar-refractivity contribution >= 4 is 29.4 Å². The van der Waals surface area contributed by atoms with Crippen LogP contribution in [-0.2, 0) is 19.1 Å². The number of aliphatic carboxylic acids is 1. The van der Waals surface area contributed by atoms with Gasteiger partial charge in [-0.15, -0.1) is 0 Å². The molecule has 0 aliphatic carbocycles. The number of amides is 2. The predicted molar refractivity (Wildman–Crippen MR) is 84.4 cm³/mol. The van der Waals surface area contributed by atoms with Crippen LogP contribution in [0.5, 0.6) is 0 Å². The van der Waals surface area contributed by atoms with Crippen molar-refractivity contribution in [1.82, 2.24) is 10.2 Å². The smallest absolute Gasteiger partial charge is 0.332 e. The number of rotatable bonds is 3. The van der Waals surface area contributed by atoms with E-state index in [0.717, 1.165) is 0 Å². The summed E-state index contributed by atoms with van der Waals surface area (Å²) < 4.78 is 5.33. The number of carboxylic acid groups (broad SMARTS) is 1. The number of benzene rings is 1. The van der Waals surface area contributed by atoms with E-state index in [1.54, 1.807) is 24.3 Å². The number of carboxylic acids is 1. The lowest BCUT2D eigenvalue weighted by molar-refractivity contribution is -0.158. The van der Waals surface area contributed by atoms with E-state index < -0.39 is 24.2 Å². The maximum Gasteiger partial charge on any atom is 0.332 e. The fraction of sp³-hybridized carbons (Fsp3) is 0.438. The minimum Gasteiger partial charge on any atom is -0.479 e. The van der Waals surface area contributed by atoms with Crippen LogP contribution in [0, 0.1) is 0 Å². The first-order chi connectivity index (χ1) is 11.5. The van der Waals surface area contributed by atoms with E-state index in [2.05, 4.69) is 5.32 Å². The number of carbonyl (C=O) groups excluding carboxylic acids is 2. The number of hydrogen-bond acceptors (Lipinski definition) is 4. The number of halogens is 1. The second-order valence-corrected chi connectivity index (χ2v) is 6.18. The molecule has 0 saturated carbocycles. The molecule has 2 amide bonds. The third kappa shape index (κ3) is 3.09. The van der Waals surface area contributed by atoms with Gasteiger partial charge in [-0.25, -0.2) is 4.79 Å². The highest BCUT2D eigenvalue weighted by Gasteiger charge is 2.42. The third-order valence-electron chi connectivity index (χ3n) is 4.27. The second-order valence-electron chi connectivity index (χ2n) is 5.78. The molecule has 2 fully saturated rings. The molecule has 2 N–H and O–H groups in total. The molecule has 0 aromatic heterocycles. The number of carbonyl (C=O) groups is 3. The van der Waals surface area contributed by atoms with Gasteiger partial charge < -0.3 is 20.1 Å². The molecule has 7 nitrogen and oxygen atoms in total. The first-order valence-corrected chi connectivity index (χ1v) is 8.07. The van der Waals surface area contributed by atoms with Crippen molar-refractivity contribution in [3.8, 4) is 0 Å². The maximum atomic E-state index is 12.8. The van der Waals surface area contributed by atoms with E-state index in [1.165, 1.54) is 4.90 Å². The Morgan fingerprint density at radius 3 is 2.62 bits per heavy atom. The topological polar surface area (TPSA) is 95.9 Å². The van der Waals surface area contributed by atoms with Gasteiger partial charge in [0.15, 0.2) is 6.10 Å². The predicted octanol–water partition coefficient (Wildman–Crippen LogP) is 0.972. The molecule has 3 rings (SSSR count). The highest BCUT2D eigenvalue weighted by Crippen LogP contribution is 2.31. The van der Waals surface area contributed by atoms with Gasteiger partial charge in [0.1, 0.15) is 12.1 Å². The van der Waals surface area contributed by atoms with Gasteiger partial charge in [0.05, 0.1) is 0 Å². The maximum absolute atomic E-state index is 12.8. The van der Waals surface area contributed by atoms with Gasteiger partial charge in [-0.3, -0.25) is 9.59 Å². The number of nitrogens with zero attached hydrogens (tertiary/aromatic N) is 1. The van der Waals surface area contributed by atoms with Crippen molar-refractivity contribution in [2.45, 2.75) is 31.1 Å². The van der Waals surface area contributed by atoms with Gasteiger partial charge in [-0.05, 0) is 18.9 Å². The molecule has 0 bridgehead atoms. The Bertz CT molecular complexity index is 680. The monoisotopic (exact) mass is 352 g/mol. The lowest BCUT2D eigenvalue weighted by Crippen LogP contribution is -2.54. The number of ether oxygens (including phenoxy) is 1. The largest absolute Gasteiger partial charge is 0.479 e. The minimum atomic E-state index is -1.08. The second kappa shape index (κ2) is 6.78. The Kier molecular flexibility index (Phi) is 4.73. The molecule has 24 heavy (non-hydrogen) atoms. The van der Waals surface area contributed by atoms with E-state index in [9.17, 15) is 14.4 Å². The first kappa shape index (κ1) is 16.7. The Morgan fingerprint density at radius 1 is 1.25 bits per heavy atom. The molecule has 8 heteroatoms. The van der Waals surface area contributed by atoms with Crippen LogP contribution in [0.15, 0.2) is 24.3 Å². The molecule has 0 radical (unpaired) electrons. The average molecular weight is 353 g/mol. The Hall–Kier alpha value is -2.12. The van der Waals surface area contributed by atoms with Crippen LogP contribution in [0.3, 0.4) is 0 Å². The standard InChI is InChI=1S/C16H17ClN2O5/c17-10-4-2-1-3-9(10)13-14(20)18-7-8-19(13)15(21)11-5-6-12(24-11)16(22)23/h1-4,11-13H,5-8H2,(H,18,20)(H,22,23)/t11-,12+,13?/m0/s1. The van der Waals surface area contributed by atoms with E-state index in [1.807, 2.05) is 0 Å². The highest BCUT2D eigenvalue weighted by molar-refractivity contribution is 6.31. The summed E-state index contributed by atoms with van der Waals surface area (Å²) in [5, 5.41) is 12.1. The summed E-state index contributed by atoms with van der Waals surface area (Å²) in [6, 6.07) is 6.02. The number of piperazine rings is 1. The summed E-state index contributed by atoms with van der Waals surface area (Å²) >= 11 is 6.19. The van der Waals surface area contributed by atoms with Gasteiger partial charge in [0, 0.05) is 23.7 Å². The summed E-state index contributed by atoms with van der Waals surface area (Å²) in [5.74, 6) is -1.77. The lowest BCUT2D eigenvalue weighted by Gasteiger charge is -2.36. The van der Waals surface area contributed by atoms with Crippen molar-refractivity contribution in [3.05, 3.63) is 34.9 Å². The van der Waals surface area contributed by atoms with E-state index in [0.29, 0.717) is 30.1 Å². The van der Waals surface area contributed by atoms with Crippen molar-refractivity contribution in [1.29, 1.82) is 0 Å². The summed E-state index contributed by atoms with van der Waals surface area (Å²) in [7, 11) is 0. The fourth-order valence-corrected chi connectivity index (χ4v) is 3.33. The first-order valence-electron chi connectivity index (χ1n) is 7.70. The molecular formula is C16H17ClN2O5. The highest BCUT2D eigenvalue weighted by atomic mass is 35.5. The SMILES string of the molecule is O=C1NCCN(C(=O)[C@@H]2CC[C@H](C(=O)O)O2)C1c1ccccc1Cl. The van der Waals surface area contributed by atoms with Crippen LogP contribution in [0.2, 0.25) is 5.02 Å². The van der Waals surface area contributed by atoms with Gasteiger partial charge in [-0.2, -0.15) is 0 Å². The van der Waals surface area contributed by atoms with E-state index in [-0.39, 0.29) is 18.2 Å². The lowest BCUT2D eigenvalue weighted by atomic mass is 10.0. The Balaban J connectivity index is 1.85. The number of nitrogens with one attached hydrogen (secondary N) is 1. The van der Waals surface area contributed by atoms with Crippen LogP contribution < -0.4 is 5.32 Å². The summed E-state index contributed by atoms with van der Waals surface area (Å²) in [6.07, 6.45) is -1.22. The van der Waals surface area contributed by atoms with Crippen LogP contribution >= 0.6 is 11.6 Å². The molecule has 128 valence electrons. The van der Waals surface area contributed by atoms with E-state index in [4.69, 9.17) is 21.4 Å². The normalized spacial score (nSPS) is 27.0. The fourth-order valence-electron chi connectivity index (χ4n) is 3.10. The third-order valence-corrected chi connectivity index (χ3v) is 4.61. The molecule has 2 aliphatic heterocycles. The van der Waals surface area contributed by atoms with E-state index >= 15 is 0 Å². The molecule has 1 aromatic carbocycles. The zero-order chi connectivity index (χ0) is 17.3. The molecule has 3 atom stereocenters. The molecule has 2 saturated heterocycles. The van der Waals surface area contributed by atoms with Crippen molar-refractivity contribution < 1.29 is 24.2 Å². The summed E-state index contributed by atoms with van der Waals surface area (Å²) in [4.78, 5) is 37.6. The number of hydrogen-bond donors (Lipinski definition) is 2. The summed E-state index contributed by atoms with van der Waals surface area (Å²) in [5.41, 5.74) is 0.539. The molecular weight excluding hydrogens is 336 g/mol. The zero-order valence-corrected chi connectivity index (χ0v) is 13.5. The van der Waals surface area contributed by atoms with Gasteiger partial charge >= 0.3 is 5.97 Å². The molecule has 2 aliphatic rings.